The van der Waals surface area contributed by atoms with E-state index in [4.69, 9.17) is 0 Å². The van der Waals surface area contributed by atoms with Crippen LogP contribution < -0.4 is 9.47 Å². The summed E-state index contributed by atoms with van der Waals surface area (Å²) in [6.07, 6.45) is -7.72. The third kappa shape index (κ3) is 6.41. The standard InChI is InChI=1S/C29H18F10O2/c1-2-3-15-4-6-16(7-5-15)17-8-9-20(21(30)10-17)28(36,37)40-18-11-22(31)26(23(32)12-18)29(38,39)41-19-13-24(33)27(35)25(34)14-19/h4-14H,2-3H2,1H3. The highest BCUT2D eigenvalue weighted by Gasteiger charge is 2.43. The van der Waals surface area contributed by atoms with Crippen LogP contribution in [0.1, 0.15) is 30.0 Å². The molecule has 0 aromatic heterocycles. The zero-order valence-electron chi connectivity index (χ0n) is 20.9. The van der Waals surface area contributed by atoms with Crippen LogP contribution >= 0.6 is 0 Å². The average molecular weight is 588 g/mol. The summed E-state index contributed by atoms with van der Waals surface area (Å²) < 4.78 is 150. The Kier molecular flexibility index (Phi) is 8.23. The summed E-state index contributed by atoms with van der Waals surface area (Å²) in [5.74, 6) is -14.2. The van der Waals surface area contributed by atoms with E-state index in [0.29, 0.717) is 11.6 Å². The SMILES string of the molecule is CCCc1ccc(-c2ccc(C(F)(F)Oc3cc(F)c(C(F)(F)Oc4cc(F)c(F)c(F)c4)c(F)c3)c(F)c2)cc1. The Morgan fingerprint density at radius 1 is 0.561 bits per heavy atom. The highest BCUT2D eigenvalue weighted by Crippen LogP contribution is 2.40. The number of hydrogen-bond acceptors (Lipinski definition) is 2. The summed E-state index contributed by atoms with van der Waals surface area (Å²) in [4.78, 5) is 0. The molecule has 0 N–H and O–H groups in total. The first-order valence-corrected chi connectivity index (χ1v) is 11.9. The molecular formula is C29H18F10O2. The van der Waals surface area contributed by atoms with Crippen LogP contribution in [0.25, 0.3) is 11.1 Å². The molecule has 12 heteroatoms. The van der Waals surface area contributed by atoms with E-state index >= 15 is 0 Å². The average Bonchev–Trinajstić information content (AvgIpc) is 2.86. The van der Waals surface area contributed by atoms with Crippen molar-refractivity contribution in [3.63, 3.8) is 0 Å². The molecule has 0 radical (unpaired) electrons. The summed E-state index contributed by atoms with van der Waals surface area (Å²) >= 11 is 0. The fraction of sp³-hybridized carbons (Fsp3) is 0.172. The number of benzene rings is 4. The third-order valence-corrected chi connectivity index (χ3v) is 5.86. The minimum atomic E-state index is -4.94. The lowest BCUT2D eigenvalue weighted by atomic mass is 10.0. The van der Waals surface area contributed by atoms with Crippen molar-refractivity contribution in [1.82, 2.24) is 0 Å². The normalized spacial score (nSPS) is 12.0. The Balaban J connectivity index is 1.57. The minimum Gasteiger partial charge on any atom is -0.429 e. The highest BCUT2D eigenvalue weighted by molar-refractivity contribution is 5.64. The van der Waals surface area contributed by atoms with Gasteiger partial charge in [0.15, 0.2) is 17.5 Å². The van der Waals surface area contributed by atoms with E-state index in [1.807, 2.05) is 6.92 Å². The molecule has 0 atom stereocenters. The summed E-state index contributed by atoms with van der Waals surface area (Å²) in [7, 11) is 0. The van der Waals surface area contributed by atoms with Crippen molar-refractivity contribution < 1.29 is 53.4 Å². The lowest BCUT2D eigenvalue weighted by Crippen LogP contribution is -2.26. The van der Waals surface area contributed by atoms with Gasteiger partial charge in [-0.1, -0.05) is 43.7 Å². The molecule has 4 aromatic rings. The van der Waals surface area contributed by atoms with Gasteiger partial charge in [-0.3, -0.25) is 0 Å². The molecule has 0 fully saturated rings. The topological polar surface area (TPSA) is 18.5 Å². The molecule has 0 amide bonds. The zero-order valence-corrected chi connectivity index (χ0v) is 20.9. The van der Waals surface area contributed by atoms with Crippen molar-refractivity contribution in [3.8, 4) is 22.6 Å². The van der Waals surface area contributed by atoms with Crippen molar-refractivity contribution in [2.24, 2.45) is 0 Å². The first kappa shape index (κ1) is 29.8. The molecule has 2 nitrogen and oxygen atoms in total. The second kappa shape index (κ2) is 11.3. The van der Waals surface area contributed by atoms with Crippen LogP contribution in [0.4, 0.5) is 43.9 Å². The van der Waals surface area contributed by atoms with Gasteiger partial charge >= 0.3 is 12.2 Å². The van der Waals surface area contributed by atoms with Gasteiger partial charge in [0.2, 0.25) is 0 Å². The highest BCUT2D eigenvalue weighted by atomic mass is 19.3. The van der Waals surface area contributed by atoms with Gasteiger partial charge in [0, 0.05) is 24.3 Å². The van der Waals surface area contributed by atoms with E-state index in [1.54, 1.807) is 24.3 Å². The maximum absolute atomic E-state index is 14.8. The molecule has 0 heterocycles. The smallest absolute Gasteiger partial charge is 0.429 e. The quantitative estimate of drug-likeness (QED) is 0.143. The van der Waals surface area contributed by atoms with E-state index < -0.39 is 69.7 Å². The number of halogens is 10. The molecular weight excluding hydrogens is 570 g/mol. The molecule has 0 saturated heterocycles. The van der Waals surface area contributed by atoms with Crippen LogP contribution in [-0.2, 0) is 18.6 Å². The zero-order chi connectivity index (χ0) is 30.1. The summed E-state index contributed by atoms with van der Waals surface area (Å²) in [5, 5.41) is 0. The third-order valence-electron chi connectivity index (χ3n) is 5.86. The molecule has 0 saturated carbocycles. The number of hydrogen-bond donors (Lipinski definition) is 0. The van der Waals surface area contributed by atoms with E-state index in [9.17, 15) is 43.9 Å². The molecule has 0 aliphatic rings. The van der Waals surface area contributed by atoms with Crippen molar-refractivity contribution >= 4 is 0 Å². The first-order valence-electron chi connectivity index (χ1n) is 11.9. The lowest BCUT2D eigenvalue weighted by Gasteiger charge is -2.22. The predicted molar refractivity (Wildman–Crippen MR) is 128 cm³/mol. The molecule has 0 bridgehead atoms. The van der Waals surface area contributed by atoms with Gasteiger partial charge in [0.25, 0.3) is 0 Å². The van der Waals surface area contributed by atoms with E-state index in [1.165, 1.54) is 6.07 Å². The van der Waals surface area contributed by atoms with Crippen LogP contribution in [-0.4, -0.2) is 0 Å². The van der Waals surface area contributed by atoms with Crippen molar-refractivity contribution in [1.29, 1.82) is 0 Å². The molecule has 4 rings (SSSR count). The van der Waals surface area contributed by atoms with Crippen LogP contribution in [0, 0.1) is 34.9 Å². The molecule has 4 aromatic carbocycles. The fourth-order valence-electron chi connectivity index (χ4n) is 3.96. The minimum absolute atomic E-state index is 0.00146. The molecule has 0 aliphatic carbocycles. The number of alkyl halides is 4. The lowest BCUT2D eigenvalue weighted by molar-refractivity contribution is -0.191. The monoisotopic (exact) mass is 588 g/mol. The van der Waals surface area contributed by atoms with Crippen LogP contribution in [0.3, 0.4) is 0 Å². The van der Waals surface area contributed by atoms with Crippen molar-refractivity contribution in [3.05, 3.63) is 118 Å². The number of ether oxygens (including phenoxy) is 2. The second-order valence-corrected chi connectivity index (χ2v) is 8.84. The second-order valence-electron chi connectivity index (χ2n) is 8.84. The number of rotatable bonds is 9. The van der Waals surface area contributed by atoms with Gasteiger partial charge in [0.05, 0.1) is 5.56 Å². The largest absolute Gasteiger partial charge is 0.432 e. The molecule has 0 spiro atoms. The molecule has 0 unspecified atom stereocenters. The maximum Gasteiger partial charge on any atom is 0.432 e. The van der Waals surface area contributed by atoms with E-state index in [-0.39, 0.29) is 29.8 Å². The molecule has 0 aliphatic heterocycles. The Labute approximate surface area is 226 Å². The van der Waals surface area contributed by atoms with Crippen molar-refractivity contribution in [2.75, 3.05) is 0 Å². The van der Waals surface area contributed by atoms with Gasteiger partial charge in [0.1, 0.15) is 34.5 Å². The summed E-state index contributed by atoms with van der Waals surface area (Å²) in [5.41, 5.74) is -1.61. The van der Waals surface area contributed by atoms with Crippen molar-refractivity contribution in [2.45, 2.75) is 32.0 Å². The van der Waals surface area contributed by atoms with Gasteiger partial charge in [-0.2, -0.15) is 17.6 Å². The Morgan fingerprint density at radius 2 is 1.05 bits per heavy atom. The Morgan fingerprint density at radius 3 is 1.56 bits per heavy atom. The number of aryl methyl sites for hydroxylation is 1. The van der Waals surface area contributed by atoms with Crippen LogP contribution in [0.5, 0.6) is 11.5 Å². The van der Waals surface area contributed by atoms with Crippen LogP contribution in [0.15, 0.2) is 66.7 Å². The van der Waals surface area contributed by atoms with Gasteiger partial charge in [-0.15, -0.1) is 0 Å². The first-order chi connectivity index (χ1) is 19.2. The predicted octanol–water partition coefficient (Wildman–Crippen LogP) is 9.40. The van der Waals surface area contributed by atoms with E-state index in [2.05, 4.69) is 9.47 Å². The van der Waals surface area contributed by atoms with Crippen LogP contribution in [0.2, 0.25) is 0 Å². The summed E-state index contributed by atoms with van der Waals surface area (Å²) in [6, 6.07) is 9.59. The van der Waals surface area contributed by atoms with E-state index in [0.717, 1.165) is 24.5 Å². The Hall–Kier alpha value is -4.22. The maximum atomic E-state index is 14.8. The molecule has 216 valence electrons. The van der Waals surface area contributed by atoms with Gasteiger partial charge in [-0.05, 0) is 35.2 Å². The Bertz CT molecular complexity index is 1520. The molecule has 41 heavy (non-hydrogen) atoms. The fourth-order valence-corrected chi connectivity index (χ4v) is 3.96. The van der Waals surface area contributed by atoms with Gasteiger partial charge in [-0.25, -0.2) is 26.3 Å². The van der Waals surface area contributed by atoms with Gasteiger partial charge < -0.3 is 9.47 Å². The summed E-state index contributed by atoms with van der Waals surface area (Å²) in [6.45, 7) is 1.99.